The number of rotatable bonds is 4. The number of fused-ring (bicyclic) bond motifs is 1. The SMILES string of the molecule is Brc1ccccn1.C1COCCN1.Cc1ccccc1.Cc1ccccc1.Cc1ccccc1.Nc1ccccc1C(=O)N1CCOCC1.Nc1ccccc1C(=O)c1ccccn1.O=c1[nH]c(=O)c2ccccc2[nH]1.[CH2-]CCC.[Li+].[Li+].[c-]1ccccn1. The minimum Gasteiger partial charge on any atom is -0.398 e. The summed E-state index contributed by atoms with van der Waals surface area (Å²) >= 11 is 3.20. The van der Waals surface area contributed by atoms with Crippen molar-refractivity contribution in [3.05, 3.63) is 309 Å². The van der Waals surface area contributed by atoms with Crippen molar-refractivity contribution in [1.82, 2.24) is 35.1 Å². The first kappa shape index (κ1) is 78.0. The number of aryl methyl sites for hydroxylation is 3. The molecule has 4 aromatic heterocycles. The average Bonchev–Trinajstić information content (AvgIpc) is 3.75. The number of nitrogens with one attached hydrogen (secondary N) is 3. The number of unbranched alkanes of at least 4 members (excludes halogenated alkanes) is 1. The van der Waals surface area contributed by atoms with Crippen LogP contribution in [0.2, 0.25) is 0 Å². The average molecular weight is 1240 g/mol. The minimum atomic E-state index is -0.473. The first-order valence-corrected chi connectivity index (χ1v) is 28.8. The van der Waals surface area contributed by atoms with E-state index in [1.54, 1.807) is 108 Å². The van der Waals surface area contributed by atoms with Crippen molar-refractivity contribution in [1.29, 1.82) is 0 Å². The number of carbonyl (C=O) groups excluding carboxylic acids is 2. The van der Waals surface area contributed by atoms with Crippen molar-refractivity contribution in [2.45, 2.75) is 40.5 Å². The number of carbonyl (C=O) groups is 2. The van der Waals surface area contributed by atoms with E-state index >= 15 is 0 Å². The van der Waals surface area contributed by atoms with Crippen molar-refractivity contribution in [2.24, 2.45) is 0 Å². The molecule has 7 N–H and O–H groups in total. The Kier molecular flexibility index (Phi) is 44.4. The Labute approximate surface area is 551 Å². The fourth-order valence-electron chi connectivity index (χ4n) is 6.82. The van der Waals surface area contributed by atoms with E-state index in [2.05, 4.69) is 123 Å². The summed E-state index contributed by atoms with van der Waals surface area (Å²) < 4.78 is 11.1. The normalized spacial score (nSPS) is 11.2. The Morgan fingerprint density at radius 3 is 1.39 bits per heavy atom. The summed E-state index contributed by atoms with van der Waals surface area (Å²) in [7, 11) is 0. The summed E-state index contributed by atoms with van der Waals surface area (Å²) in [4.78, 5) is 63.8. The van der Waals surface area contributed by atoms with Gasteiger partial charge in [0.25, 0.3) is 11.5 Å². The summed E-state index contributed by atoms with van der Waals surface area (Å²) in [6.07, 6.45) is 9.94. The summed E-state index contributed by atoms with van der Waals surface area (Å²) in [6, 6.07) is 68.2. The largest absolute Gasteiger partial charge is 1.00 e. The molecule has 0 bridgehead atoms. The molecule has 450 valence electrons. The van der Waals surface area contributed by atoms with Gasteiger partial charge in [-0.05, 0) is 97.4 Å². The number of anilines is 2. The number of halogens is 1. The van der Waals surface area contributed by atoms with Gasteiger partial charge in [0.2, 0.25) is 5.78 Å². The fourth-order valence-corrected chi connectivity index (χ4v) is 7.09. The van der Waals surface area contributed by atoms with E-state index in [0.29, 0.717) is 65.4 Å². The molecule has 18 heteroatoms. The zero-order chi connectivity index (χ0) is 62.2. The second-order valence-electron chi connectivity index (χ2n) is 18.4. The molecule has 88 heavy (non-hydrogen) atoms. The van der Waals surface area contributed by atoms with Gasteiger partial charge in [-0.15, -0.1) is 0 Å². The van der Waals surface area contributed by atoms with Gasteiger partial charge < -0.3 is 48.0 Å². The number of ether oxygens (including phenoxy) is 2. The Bertz CT molecular complexity index is 3250. The molecule has 12 rings (SSSR count). The predicted octanol–water partition coefficient (Wildman–Crippen LogP) is 6.80. The van der Waals surface area contributed by atoms with E-state index in [1.165, 1.54) is 23.1 Å². The number of hydrogen-bond acceptors (Lipinski definition) is 12. The molecule has 0 radical (unpaired) electrons. The van der Waals surface area contributed by atoms with Gasteiger partial charge in [-0.25, -0.2) is 9.78 Å². The molecular weight excluding hydrogens is 1160 g/mol. The van der Waals surface area contributed by atoms with E-state index in [1.807, 2.05) is 97.1 Å². The fraction of sp³-hybridized carbons (Fsp3) is 0.200. The van der Waals surface area contributed by atoms with Crippen LogP contribution < -0.4 is 65.8 Å². The Morgan fingerprint density at radius 2 is 1.02 bits per heavy atom. The summed E-state index contributed by atoms with van der Waals surface area (Å²) in [6.45, 7) is 18.3. The van der Waals surface area contributed by atoms with E-state index in [4.69, 9.17) is 20.9 Å². The molecule has 2 fully saturated rings. The monoisotopic (exact) mass is 1240 g/mol. The predicted molar refractivity (Wildman–Crippen MR) is 354 cm³/mol. The van der Waals surface area contributed by atoms with Gasteiger partial charge in [0.1, 0.15) is 10.3 Å². The van der Waals surface area contributed by atoms with Gasteiger partial charge in [0.05, 0.1) is 42.9 Å². The zero-order valence-corrected chi connectivity index (χ0v) is 53.2. The number of ketones is 1. The van der Waals surface area contributed by atoms with E-state index < -0.39 is 5.69 Å². The molecule has 1 amide bonds. The van der Waals surface area contributed by atoms with E-state index in [9.17, 15) is 19.2 Å². The number of nitrogen functional groups attached to an aromatic ring is 2. The van der Waals surface area contributed by atoms with Crippen molar-refractivity contribution < 1.29 is 56.8 Å². The summed E-state index contributed by atoms with van der Waals surface area (Å²) in [5, 5.41) is 3.66. The van der Waals surface area contributed by atoms with Crippen LogP contribution in [0.25, 0.3) is 10.9 Å². The Balaban J connectivity index is 0.000000500. The van der Waals surface area contributed by atoms with Crippen molar-refractivity contribution in [2.75, 3.05) is 64.1 Å². The second kappa shape index (κ2) is 50.0. The molecular formula is C70H80BrLi2N9O6. The van der Waals surface area contributed by atoms with Crippen LogP contribution in [0, 0.1) is 33.9 Å². The minimum absolute atomic E-state index is 0. The quantitative estimate of drug-likeness (QED) is 0.0404. The van der Waals surface area contributed by atoms with Crippen molar-refractivity contribution >= 4 is 49.9 Å². The number of amides is 1. The number of benzene rings is 6. The van der Waals surface area contributed by atoms with Crippen LogP contribution in [0.15, 0.2) is 251 Å². The number of morpholine rings is 2. The molecule has 0 spiro atoms. The maximum absolute atomic E-state index is 12.0. The molecule has 6 heterocycles. The van der Waals surface area contributed by atoms with Gasteiger partial charge in [-0.2, -0.15) is 24.6 Å². The van der Waals surface area contributed by atoms with Crippen LogP contribution in [-0.4, -0.2) is 94.1 Å². The van der Waals surface area contributed by atoms with Crippen molar-refractivity contribution in [3.8, 4) is 0 Å². The molecule has 10 aromatic rings. The maximum Gasteiger partial charge on any atom is 1.00 e. The number of para-hydroxylation sites is 3. The van der Waals surface area contributed by atoms with Gasteiger partial charge in [-0.3, -0.25) is 24.4 Å². The molecule has 2 aliphatic rings. The molecule has 0 atom stereocenters. The number of hydrogen-bond donors (Lipinski definition) is 5. The summed E-state index contributed by atoms with van der Waals surface area (Å²) in [5.74, 6) is -0.148. The molecule has 0 saturated carbocycles. The number of aromatic amines is 2. The van der Waals surface area contributed by atoms with Gasteiger partial charge in [-0.1, -0.05) is 182 Å². The zero-order valence-electron chi connectivity index (χ0n) is 51.6. The maximum atomic E-state index is 12.0. The number of nitrogens with zero attached hydrogens (tertiary/aromatic N) is 4. The summed E-state index contributed by atoms with van der Waals surface area (Å²) in [5.41, 5.74) is 17.7. The Hall–Kier alpha value is -8.00. The van der Waals surface area contributed by atoms with Crippen molar-refractivity contribution in [3.63, 3.8) is 0 Å². The van der Waals surface area contributed by atoms with Crippen LogP contribution in [0.1, 0.15) is 62.9 Å². The molecule has 6 aromatic carbocycles. The van der Waals surface area contributed by atoms with Crippen LogP contribution in [0.4, 0.5) is 11.4 Å². The standard InChI is InChI=1S/C12H10N2O.C11H14N2O2.C8H6N2O2.3C7H8.C5H4BrN.C5H4N.C4H9NO.C4H9.2Li/c13-10-6-2-1-5-9(10)12(15)11-7-3-4-8-14-11;12-10-4-2-1-3-9(10)11(14)13-5-7-15-8-6-13;11-7-5-3-1-2-4-6(5)9-8(12)10-7;3*1-7-5-3-2-4-6-7;6-5-3-1-2-4-7-5;1-2-4-6-5-3-1;1-3-6-4-2-5-1;1-3-4-2;;/h1-8H,13H2;1-4H,5-8,12H2;1-4H,(H2,9,10,11,12);3*2-6H,1H3;1-4H;1-4H;5H,1-4H2;1,3-4H2,2H3;;/q;;;;;;;-1;;-1;2*+1. The number of aromatic nitrogens is 5. The van der Waals surface area contributed by atoms with Crippen LogP contribution in [0.5, 0.6) is 0 Å². The van der Waals surface area contributed by atoms with Crippen LogP contribution in [-0.2, 0) is 9.47 Å². The topological polar surface area (TPSA) is 224 Å². The smallest absolute Gasteiger partial charge is 0.398 e. The molecule has 15 nitrogen and oxygen atoms in total. The second-order valence-corrected chi connectivity index (χ2v) is 19.2. The third-order valence-electron chi connectivity index (χ3n) is 11.4. The number of nitrogens with two attached hydrogens (primary N) is 2. The van der Waals surface area contributed by atoms with Crippen LogP contribution >= 0.6 is 15.9 Å². The first-order valence-electron chi connectivity index (χ1n) is 28.0. The third-order valence-corrected chi connectivity index (χ3v) is 11.9. The molecule has 0 unspecified atom stereocenters. The van der Waals surface area contributed by atoms with Gasteiger partial charge in [0, 0.05) is 55.5 Å². The van der Waals surface area contributed by atoms with E-state index in [0.717, 1.165) is 37.3 Å². The van der Waals surface area contributed by atoms with E-state index in [-0.39, 0.29) is 55.0 Å². The Morgan fingerprint density at radius 1 is 0.568 bits per heavy atom. The molecule has 2 saturated heterocycles. The van der Waals surface area contributed by atoms with Gasteiger partial charge in [0.15, 0.2) is 0 Å². The van der Waals surface area contributed by atoms with Crippen LogP contribution in [0.3, 0.4) is 0 Å². The molecule has 0 aliphatic carbocycles. The number of pyridine rings is 3. The third kappa shape index (κ3) is 35.6. The molecule has 2 aliphatic heterocycles. The van der Waals surface area contributed by atoms with Gasteiger partial charge >= 0.3 is 43.4 Å². The number of H-pyrrole nitrogens is 2. The first-order chi connectivity index (χ1) is 41.8.